The standard InChI is InChI=1S/C23H27NO4/c1-28-20-12-8-16(9-13-20)14-19-4-2-3-5-21(19)22(25)24-15-17-6-10-18(11-7-17)23(26)27/h6-13,19,21H,2-5,14-15H2,1H3,(H,24,25)(H,26,27). The van der Waals surface area contributed by atoms with Crippen molar-refractivity contribution in [3.63, 3.8) is 0 Å². The first-order chi connectivity index (χ1) is 13.6. The summed E-state index contributed by atoms with van der Waals surface area (Å²) in [6, 6.07) is 14.7. The normalized spacial score (nSPS) is 19.0. The van der Waals surface area contributed by atoms with Crippen LogP contribution in [-0.4, -0.2) is 24.1 Å². The molecule has 0 saturated heterocycles. The number of methoxy groups -OCH3 is 1. The average molecular weight is 381 g/mol. The number of ether oxygens (including phenoxy) is 1. The minimum absolute atomic E-state index is 0.0224. The Balaban J connectivity index is 1.58. The second kappa shape index (κ2) is 9.40. The summed E-state index contributed by atoms with van der Waals surface area (Å²) < 4.78 is 5.22. The van der Waals surface area contributed by atoms with Crippen molar-refractivity contribution in [1.82, 2.24) is 5.32 Å². The van der Waals surface area contributed by atoms with Crippen molar-refractivity contribution in [3.8, 4) is 5.75 Å². The van der Waals surface area contributed by atoms with Gasteiger partial charge in [-0.3, -0.25) is 4.79 Å². The van der Waals surface area contributed by atoms with Gasteiger partial charge in [0.1, 0.15) is 5.75 Å². The largest absolute Gasteiger partial charge is 0.497 e. The Morgan fingerprint density at radius 1 is 1.00 bits per heavy atom. The van der Waals surface area contributed by atoms with E-state index in [0.717, 1.165) is 37.0 Å². The molecule has 2 unspecified atom stereocenters. The van der Waals surface area contributed by atoms with Crippen LogP contribution in [0, 0.1) is 11.8 Å². The van der Waals surface area contributed by atoms with E-state index >= 15 is 0 Å². The zero-order valence-electron chi connectivity index (χ0n) is 16.2. The number of hydrogen-bond acceptors (Lipinski definition) is 3. The smallest absolute Gasteiger partial charge is 0.335 e. The molecule has 1 aliphatic rings. The summed E-state index contributed by atoms with van der Waals surface area (Å²) in [6.45, 7) is 0.421. The Hall–Kier alpha value is -2.82. The van der Waals surface area contributed by atoms with Gasteiger partial charge in [0.25, 0.3) is 0 Å². The maximum absolute atomic E-state index is 12.8. The van der Waals surface area contributed by atoms with E-state index in [9.17, 15) is 9.59 Å². The van der Waals surface area contributed by atoms with Crippen molar-refractivity contribution >= 4 is 11.9 Å². The first-order valence-electron chi connectivity index (χ1n) is 9.79. The first-order valence-corrected chi connectivity index (χ1v) is 9.79. The van der Waals surface area contributed by atoms with Gasteiger partial charge in [-0.2, -0.15) is 0 Å². The van der Waals surface area contributed by atoms with Crippen LogP contribution in [0.4, 0.5) is 0 Å². The van der Waals surface area contributed by atoms with Crippen LogP contribution in [0.3, 0.4) is 0 Å². The molecule has 5 nitrogen and oxygen atoms in total. The molecule has 0 bridgehead atoms. The van der Waals surface area contributed by atoms with Gasteiger partial charge in [0.2, 0.25) is 5.91 Å². The quantitative estimate of drug-likeness (QED) is 0.758. The predicted octanol–water partition coefficient (Wildman–Crippen LogP) is 4.06. The van der Waals surface area contributed by atoms with Gasteiger partial charge in [-0.25, -0.2) is 4.79 Å². The summed E-state index contributed by atoms with van der Waals surface area (Å²) in [5, 5.41) is 12.0. The number of carbonyl (C=O) groups is 2. The fourth-order valence-electron chi connectivity index (χ4n) is 3.95. The number of aromatic carboxylic acids is 1. The summed E-state index contributed by atoms with van der Waals surface area (Å²) >= 11 is 0. The summed E-state index contributed by atoms with van der Waals surface area (Å²) in [7, 11) is 1.66. The van der Waals surface area contributed by atoms with Crippen molar-refractivity contribution in [3.05, 3.63) is 65.2 Å². The lowest BCUT2D eigenvalue weighted by molar-refractivity contribution is -0.127. The zero-order valence-corrected chi connectivity index (χ0v) is 16.2. The van der Waals surface area contributed by atoms with Crippen LogP contribution in [0.1, 0.15) is 47.2 Å². The molecule has 3 rings (SSSR count). The molecular weight excluding hydrogens is 354 g/mol. The summed E-state index contributed by atoms with van der Waals surface area (Å²) in [5.41, 5.74) is 2.39. The van der Waals surface area contributed by atoms with E-state index in [1.807, 2.05) is 12.1 Å². The second-order valence-electron chi connectivity index (χ2n) is 7.42. The molecule has 28 heavy (non-hydrogen) atoms. The second-order valence-corrected chi connectivity index (χ2v) is 7.42. The van der Waals surface area contributed by atoms with Gasteiger partial charge in [0.15, 0.2) is 0 Å². The zero-order chi connectivity index (χ0) is 19.9. The summed E-state index contributed by atoms with van der Waals surface area (Å²) in [6.07, 6.45) is 5.14. The number of amides is 1. The Kier molecular flexibility index (Phi) is 6.69. The third-order valence-corrected chi connectivity index (χ3v) is 5.57. The van der Waals surface area contributed by atoms with Crippen LogP contribution in [-0.2, 0) is 17.8 Å². The van der Waals surface area contributed by atoms with Crippen LogP contribution in [0.25, 0.3) is 0 Å². The molecule has 1 fully saturated rings. The van der Waals surface area contributed by atoms with Gasteiger partial charge in [0.05, 0.1) is 12.7 Å². The average Bonchev–Trinajstić information content (AvgIpc) is 2.73. The maximum atomic E-state index is 12.8. The Morgan fingerprint density at radius 3 is 2.29 bits per heavy atom. The Bertz CT molecular complexity index is 798. The van der Waals surface area contributed by atoms with Crippen LogP contribution < -0.4 is 10.1 Å². The topological polar surface area (TPSA) is 75.6 Å². The van der Waals surface area contributed by atoms with Crippen LogP contribution in [0.2, 0.25) is 0 Å². The molecule has 2 N–H and O–H groups in total. The number of hydrogen-bond donors (Lipinski definition) is 2. The summed E-state index contributed by atoms with van der Waals surface area (Å²) in [5.74, 6) is 0.362. The molecule has 0 aromatic heterocycles. The van der Waals surface area contributed by atoms with Gasteiger partial charge in [0, 0.05) is 12.5 Å². The molecule has 0 radical (unpaired) electrons. The van der Waals surface area contributed by atoms with E-state index in [0.29, 0.717) is 12.5 Å². The highest BCUT2D eigenvalue weighted by Crippen LogP contribution is 2.33. The molecule has 1 aliphatic carbocycles. The molecule has 2 aromatic rings. The number of nitrogens with one attached hydrogen (secondary N) is 1. The highest BCUT2D eigenvalue weighted by molar-refractivity contribution is 5.87. The van der Waals surface area contributed by atoms with Gasteiger partial charge >= 0.3 is 5.97 Å². The van der Waals surface area contributed by atoms with E-state index in [1.54, 1.807) is 31.4 Å². The van der Waals surface area contributed by atoms with Gasteiger partial charge < -0.3 is 15.2 Å². The van der Waals surface area contributed by atoms with E-state index in [1.165, 1.54) is 12.0 Å². The highest BCUT2D eigenvalue weighted by atomic mass is 16.5. The number of carboxylic acid groups (broad SMARTS) is 1. The lowest BCUT2D eigenvalue weighted by Crippen LogP contribution is -2.37. The van der Waals surface area contributed by atoms with Crippen molar-refractivity contribution in [2.75, 3.05) is 7.11 Å². The van der Waals surface area contributed by atoms with Gasteiger partial charge in [-0.05, 0) is 60.6 Å². The fraction of sp³-hybridized carbons (Fsp3) is 0.391. The molecule has 0 spiro atoms. The predicted molar refractivity (Wildman–Crippen MR) is 107 cm³/mol. The fourth-order valence-corrected chi connectivity index (χ4v) is 3.95. The minimum Gasteiger partial charge on any atom is -0.497 e. The Labute approximate surface area is 165 Å². The van der Waals surface area contributed by atoms with E-state index in [4.69, 9.17) is 9.84 Å². The Morgan fingerprint density at radius 2 is 1.64 bits per heavy atom. The lowest BCUT2D eigenvalue weighted by Gasteiger charge is -2.30. The first kappa shape index (κ1) is 19.9. The van der Waals surface area contributed by atoms with E-state index < -0.39 is 5.97 Å². The van der Waals surface area contributed by atoms with Crippen LogP contribution in [0.15, 0.2) is 48.5 Å². The molecule has 148 valence electrons. The summed E-state index contributed by atoms with van der Waals surface area (Å²) in [4.78, 5) is 23.8. The molecule has 2 atom stereocenters. The van der Waals surface area contributed by atoms with E-state index in [2.05, 4.69) is 17.4 Å². The molecule has 2 aromatic carbocycles. The van der Waals surface area contributed by atoms with Crippen molar-refractivity contribution in [2.45, 2.75) is 38.6 Å². The SMILES string of the molecule is COc1ccc(CC2CCCCC2C(=O)NCc2ccc(C(=O)O)cc2)cc1. The third kappa shape index (κ3) is 5.12. The van der Waals surface area contributed by atoms with Crippen molar-refractivity contribution in [2.24, 2.45) is 11.8 Å². The minimum atomic E-state index is -0.945. The number of rotatable bonds is 7. The molecule has 1 saturated carbocycles. The number of carboxylic acids is 1. The van der Waals surface area contributed by atoms with Crippen LogP contribution in [0.5, 0.6) is 5.75 Å². The van der Waals surface area contributed by atoms with Gasteiger partial charge in [-0.1, -0.05) is 37.1 Å². The molecule has 1 amide bonds. The molecular formula is C23H27NO4. The lowest BCUT2D eigenvalue weighted by atomic mass is 9.75. The van der Waals surface area contributed by atoms with Crippen molar-refractivity contribution < 1.29 is 19.4 Å². The molecule has 0 heterocycles. The van der Waals surface area contributed by atoms with Gasteiger partial charge in [-0.15, -0.1) is 0 Å². The highest BCUT2D eigenvalue weighted by Gasteiger charge is 2.30. The van der Waals surface area contributed by atoms with Crippen molar-refractivity contribution in [1.29, 1.82) is 0 Å². The van der Waals surface area contributed by atoms with E-state index in [-0.39, 0.29) is 17.4 Å². The molecule has 5 heteroatoms. The monoisotopic (exact) mass is 381 g/mol. The maximum Gasteiger partial charge on any atom is 0.335 e. The third-order valence-electron chi connectivity index (χ3n) is 5.57. The molecule has 0 aliphatic heterocycles. The number of benzene rings is 2. The number of carbonyl (C=O) groups excluding carboxylic acids is 1. The van der Waals surface area contributed by atoms with Crippen LogP contribution >= 0.6 is 0 Å².